The van der Waals surface area contributed by atoms with E-state index in [-0.39, 0.29) is 6.61 Å². The Morgan fingerprint density at radius 1 is 1.47 bits per heavy atom. The first kappa shape index (κ1) is 11.3. The first-order chi connectivity index (χ1) is 7.27. The number of ether oxygens (including phenoxy) is 1. The Morgan fingerprint density at radius 2 is 2.20 bits per heavy atom. The van der Waals surface area contributed by atoms with Crippen molar-refractivity contribution < 1.29 is 14.6 Å². The second-order valence-electron chi connectivity index (χ2n) is 2.87. The maximum absolute atomic E-state index is 10.8. The van der Waals surface area contributed by atoms with Crippen LogP contribution in [0.15, 0.2) is 24.3 Å². The number of aliphatic hydroxyl groups is 1. The molecule has 0 saturated carbocycles. The Bertz CT molecular complexity index is 399. The molecular weight excluding hydrogens is 192 g/mol. The van der Waals surface area contributed by atoms with Gasteiger partial charge in [-0.25, -0.2) is 4.79 Å². The predicted molar refractivity (Wildman–Crippen MR) is 56.1 cm³/mol. The van der Waals surface area contributed by atoms with E-state index in [4.69, 9.17) is 5.11 Å². The second kappa shape index (κ2) is 5.84. The fraction of sp³-hybridized carbons (Fsp3) is 0.250. The van der Waals surface area contributed by atoms with Gasteiger partial charge in [-0.3, -0.25) is 0 Å². The molecule has 0 aromatic heterocycles. The lowest BCUT2D eigenvalue weighted by Gasteiger charge is -2.00. The second-order valence-corrected chi connectivity index (χ2v) is 2.87. The maximum Gasteiger partial charge on any atom is 0.384 e. The van der Waals surface area contributed by atoms with Gasteiger partial charge >= 0.3 is 5.97 Å². The first-order valence-corrected chi connectivity index (χ1v) is 4.56. The highest BCUT2D eigenvalue weighted by molar-refractivity contribution is 5.89. The summed E-state index contributed by atoms with van der Waals surface area (Å²) in [6.45, 7) is 0.0664. The van der Waals surface area contributed by atoms with Gasteiger partial charge < -0.3 is 9.84 Å². The maximum atomic E-state index is 10.8. The molecule has 0 aliphatic rings. The fourth-order valence-electron chi connectivity index (χ4n) is 1.15. The Labute approximate surface area is 88.7 Å². The molecule has 0 fully saturated rings. The van der Waals surface area contributed by atoms with Crippen LogP contribution in [0.4, 0.5) is 0 Å². The van der Waals surface area contributed by atoms with E-state index in [2.05, 4.69) is 16.6 Å². The van der Waals surface area contributed by atoms with Gasteiger partial charge in [-0.05, 0) is 18.1 Å². The zero-order valence-corrected chi connectivity index (χ0v) is 8.49. The summed E-state index contributed by atoms with van der Waals surface area (Å²) in [6.07, 6.45) is 0.534. The molecule has 1 rings (SSSR count). The van der Waals surface area contributed by atoms with Crippen molar-refractivity contribution in [3.63, 3.8) is 0 Å². The number of carbonyl (C=O) groups is 1. The molecular formula is C12H12O3. The number of aliphatic hydroxyl groups excluding tert-OH is 1. The van der Waals surface area contributed by atoms with Crippen molar-refractivity contribution in [3.05, 3.63) is 35.4 Å². The molecule has 0 bridgehead atoms. The molecule has 0 amide bonds. The zero-order chi connectivity index (χ0) is 11.1. The average molecular weight is 204 g/mol. The van der Waals surface area contributed by atoms with Crippen LogP contribution in [0.25, 0.3) is 0 Å². The summed E-state index contributed by atoms with van der Waals surface area (Å²) in [6, 6.07) is 7.38. The number of hydrogen-bond donors (Lipinski definition) is 1. The van der Waals surface area contributed by atoms with Crippen molar-refractivity contribution in [3.8, 4) is 11.8 Å². The smallest absolute Gasteiger partial charge is 0.384 e. The quantitative estimate of drug-likeness (QED) is 0.571. The van der Waals surface area contributed by atoms with E-state index in [1.165, 1.54) is 7.11 Å². The third-order valence-corrected chi connectivity index (χ3v) is 1.88. The summed E-state index contributed by atoms with van der Waals surface area (Å²) in [4.78, 5) is 10.8. The van der Waals surface area contributed by atoms with E-state index in [0.29, 0.717) is 6.42 Å². The number of hydrogen-bond acceptors (Lipinski definition) is 3. The molecule has 15 heavy (non-hydrogen) atoms. The van der Waals surface area contributed by atoms with Crippen LogP contribution < -0.4 is 0 Å². The van der Waals surface area contributed by atoms with Gasteiger partial charge in [0.25, 0.3) is 0 Å². The van der Waals surface area contributed by atoms with Crippen LogP contribution in [0.2, 0.25) is 0 Å². The molecule has 0 atom stereocenters. The van der Waals surface area contributed by atoms with Gasteiger partial charge in [0.2, 0.25) is 0 Å². The highest BCUT2D eigenvalue weighted by Gasteiger charge is 1.98. The summed E-state index contributed by atoms with van der Waals surface area (Å²) in [7, 11) is 1.29. The molecule has 1 aromatic carbocycles. The molecule has 78 valence electrons. The van der Waals surface area contributed by atoms with Crippen molar-refractivity contribution in [1.82, 2.24) is 0 Å². The van der Waals surface area contributed by atoms with Gasteiger partial charge in [0.15, 0.2) is 0 Å². The van der Waals surface area contributed by atoms with E-state index in [9.17, 15) is 4.79 Å². The van der Waals surface area contributed by atoms with Crippen molar-refractivity contribution in [2.45, 2.75) is 6.42 Å². The largest absolute Gasteiger partial charge is 0.459 e. The van der Waals surface area contributed by atoms with E-state index >= 15 is 0 Å². The zero-order valence-electron chi connectivity index (χ0n) is 8.49. The molecule has 0 aliphatic carbocycles. The van der Waals surface area contributed by atoms with Gasteiger partial charge in [-0.2, -0.15) is 0 Å². The number of methoxy groups -OCH3 is 1. The molecule has 3 nitrogen and oxygen atoms in total. The predicted octanol–water partition coefficient (Wildman–Crippen LogP) is 0.746. The molecule has 0 heterocycles. The number of esters is 1. The Morgan fingerprint density at radius 3 is 2.87 bits per heavy atom. The molecule has 0 radical (unpaired) electrons. The minimum absolute atomic E-state index is 0.0664. The molecule has 0 aliphatic heterocycles. The Balaban J connectivity index is 2.91. The monoisotopic (exact) mass is 204 g/mol. The molecule has 1 N–H and O–H groups in total. The standard InChI is InChI=1S/C12H12O3/c1-15-12(14)7-6-10-4-2-3-5-11(10)8-9-13/h2-5,13H,8-9H2,1H3. The van der Waals surface area contributed by atoms with Crippen molar-refractivity contribution >= 4 is 5.97 Å². The van der Waals surface area contributed by atoms with Crippen LogP contribution in [-0.2, 0) is 16.0 Å². The van der Waals surface area contributed by atoms with Crippen molar-refractivity contribution in [2.75, 3.05) is 13.7 Å². The van der Waals surface area contributed by atoms with Gasteiger partial charge in [0.05, 0.1) is 7.11 Å². The number of benzene rings is 1. The summed E-state index contributed by atoms with van der Waals surface area (Å²) in [5.41, 5.74) is 1.67. The fourth-order valence-corrected chi connectivity index (χ4v) is 1.15. The topological polar surface area (TPSA) is 46.5 Å². The third kappa shape index (κ3) is 3.45. The van der Waals surface area contributed by atoms with Crippen molar-refractivity contribution in [2.24, 2.45) is 0 Å². The minimum atomic E-state index is -0.561. The molecule has 0 saturated heterocycles. The van der Waals surface area contributed by atoms with Gasteiger partial charge in [-0.1, -0.05) is 24.1 Å². The van der Waals surface area contributed by atoms with E-state index in [0.717, 1.165) is 11.1 Å². The van der Waals surface area contributed by atoms with E-state index < -0.39 is 5.97 Å². The molecule has 1 aromatic rings. The highest BCUT2D eigenvalue weighted by atomic mass is 16.5. The van der Waals surface area contributed by atoms with Crippen LogP contribution in [0.3, 0.4) is 0 Å². The van der Waals surface area contributed by atoms with Gasteiger partial charge in [0, 0.05) is 18.1 Å². The van der Waals surface area contributed by atoms with E-state index in [1.54, 1.807) is 6.07 Å². The van der Waals surface area contributed by atoms with Crippen LogP contribution in [-0.4, -0.2) is 24.8 Å². The summed E-state index contributed by atoms with van der Waals surface area (Å²) in [5.74, 6) is 4.51. The summed E-state index contributed by atoms with van der Waals surface area (Å²) in [5, 5.41) is 8.83. The van der Waals surface area contributed by atoms with E-state index in [1.807, 2.05) is 18.2 Å². The number of carbonyl (C=O) groups excluding carboxylic acids is 1. The lowest BCUT2D eigenvalue weighted by atomic mass is 10.1. The molecule has 3 heteroatoms. The van der Waals surface area contributed by atoms with Crippen LogP contribution in [0.5, 0.6) is 0 Å². The minimum Gasteiger partial charge on any atom is -0.459 e. The van der Waals surface area contributed by atoms with Gasteiger partial charge in [0.1, 0.15) is 0 Å². The molecule has 0 unspecified atom stereocenters. The number of rotatable bonds is 2. The van der Waals surface area contributed by atoms with Gasteiger partial charge in [-0.15, -0.1) is 0 Å². The summed E-state index contributed by atoms with van der Waals surface area (Å²) >= 11 is 0. The third-order valence-electron chi connectivity index (χ3n) is 1.88. The lowest BCUT2D eigenvalue weighted by molar-refractivity contribution is -0.133. The van der Waals surface area contributed by atoms with Crippen molar-refractivity contribution in [1.29, 1.82) is 0 Å². The first-order valence-electron chi connectivity index (χ1n) is 4.56. The lowest BCUT2D eigenvalue weighted by Crippen LogP contribution is -1.97. The SMILES string of the molecule is COC(=O)C#Cc1ccccc1CCO. The average Bonchev–Trinajstić information content (AvgIpc) is 2.28. The van der Waals surface area contributed by atoms with Crippen LogP contribution in [0.1, 0.15) is 11.1 Å². The Kier molecular flexibility index (Phi) is 4.39. The van der Waals surface area contributed by atoms with Crippen LogP contribution >= 0.6 is 0 Å². The molecule has 0 spiro atoms. The highest BCUT2D eigenvalue weighted by Crippen LogP contribution is 2.07. The summed E-state index contributed by atoms with van der Waals surface area (Å²) < 4.78 is 4.41. The normalized spacial score (nSPS) is 8.93. The van der Waals surface area contributed by atoms with Crippen LogP contribution in [0, 0.1) is 11.8 Å². The Hall–Kier alpha value is -1.79.